The number of ether oxygens (including phenoxy) is 1. The molecule has 7 heteroatoms. The van der Waals surface area contributed by atoms with Crippen LogP contribution in [0.5, 0.6) is 5.75 Å². The maximum Gasteiger partial charge on any atom is 0.194 e. The van der Waals surface area contributed by atoms with Crippen molar-refractivity contribution in [3.63, 3.8) is 0 Å². The molecule has 0 bridgehead atoms. The van der Waals surface area contributed by atoms with Gasteiger partial charge in [0.05, 0.1) is 13.7 Å². The number of benzene rings is 1. The van der Waals surface area contributed by atoms with E-state index in [9.17, 15) is 0 Å². The van der Waals surface area contributed by atoms with Gasteiger partial charge < -0.3 is 15.0 Å². The fourth-order valence-electron chi connectivity index (χ4n) is 3.07. The maximum atomic E-state index is 5.46. The molecule has 7 nitrogen and oxygen atoms in total. The number of nitrogens with one attached hydrogen (secondary N) is 1. The Kier molecular flexibility index (Phi) is 6.84. The molecule has 2 aromatic heterocycles. The molecule has 0 saturated heterocycles. The Hall–Kier alpha value is -3.35. The Morgan fingerprint density at radius 2 is 2.03 bits per heavy atom. The minimum atomic E-state index is 0.550. The number of nitrogens with zero attached hydrogens (tertiary/aromatic N) is 5. The van der Waals surface area contributed by atoms with E-state index in [0.717, 1.165) is 41.0 Å². The molecule has 0 amide bonds. The van der Waals surface area contributed by atoms with Crippen LogP contribution in [0.3, 0.4) is 0 Å². The zero-order valence-electron chi connectivity index (χ0n) is 17.5. The van der Waals surface area contributed by atoms with E-state index < -0.39 is 0 Å². The SMILES string of the molecule is CCNC(=NCc1ccc(-n2ccnc2C)nc1)N(C)Cc1ccccc1OC. The average molecular weight is 393 g/mol. The van der Waals surface area contributed by atoms with E-state index >= 15 is 0 Å². The minimum Gasteiger partial charge on any atom is -0.496 e. The van der Waals surface area contributed by atoms with Crippen molar-refractivity contribution in [1.29, 1.82) is 0 Å². The van der Waals surface area contributed by atoms with Crippen molar-refractivity contribution in [2.24, 2.45) is 4.99 Å². The van der Waals surface area contributed by atoms with Gasteiger partial charge >= 0.3 is 0 Å². The van der Waals surface area contributed by atoms with Gasteiger partial charge in [-0.25, -0.2) is 15.0 Å². The number of aryl methyl sites for hydroxylation is 1. The third-order valence-electron chi connectivity index (χ3n) is 4.59. The van der Waals surface area contributed by atoms with Gasteiger partial charge in [0.15, 0.2) is 5.96 Å². The standard InChI is InChI=1S/C22H28N6O/c1-5-23-22(27(3)16-19-8-6-7-9-20(19)29-4)26-15-18-10-11-21(25-14-18)28-13-12-24-17(28)2/h6-14H,5,15-16H2,1-4H3,(H,23,26). The van der Waals surface area contributed by atoms with Gasteiger partial charge in [-0.15, -0.1) is 0 Å². The van der Waals surface area contributed by atoms with Crippen molar-refractivity contribution in [2.75, 3.05) is 20.7 Å². The van der Waals surface area contributed by atoms with Gasteiger partial charge in [-0.3, -0.25) is 4.57 Å². The van der Waals surface area contributed by atoms with Crippen LogP contribution < -0.4 is 10.1 Å². The van der Waals surface area contributed by atoms with Gasteiger partial charge in [0.25, 0.3) is 0 Å². The molecule has 0 saturated carbocycles. The molecule has 0 radical (unpaired) electrons. The molecule has 3 aromatic rings. The van der Waals surface area contributed by atoms with Crippen LogP contribution in [-0.2, 0) is 13.1 Å². The maximum absolute atomic E-state index is 5.46. The number of imidazole rings is 1. The van der Waals surface area contributed by atoms with Crippen LogP contribution in [0.2, 0.25) is 0 Å². The molecular formula is C22H28N6O. The van der Waals surface area contributed by atoms with Gasteiger partial charge in [-0.05, 0) is 31.5 Å². The summed E-state index contributed by atoms with van der Waals surface area (Å²) in [6, 6.07) is 12.1. The number of methoxy groups -OCH3 is 1. The Bertz CT molecular complexity index is 948. The van der Waals surface area contributed by atoms with E-state index in [-0.39, 0.29) is 0 Å². The molecule has 0 atom stereocenters. The van der Waals surface area contributed by atoms with Crippen LogP contribution in [0.4, 0.5) is 0 Å². The minimum absolute atomic E-state index is 0.550. The Balaban J connectivity index is 1.70. The number of hydrogen-bond donors (Lipinski definition) is 1. The summed E-state index contributed by atoms with van der Waals surface area (Å²) in [4.78, 5) is 15.7. The lowest BCUT2D eigenvalue weighted by Crippen LogP contribution is -2.38. The van der Waals surface area contributed by atoms with E-state index in [0.29, 0.717) is 13.1 Å². The number of guanidine groups is 1. The van der Waals surface area contributed by atoms with Gasteiger partial charge in [-0.2, -0.15) is 0 Å². The molecule has 0 fully saturated rings. The molecule has 0 aliphatic carbocycles. The number of para-hydroxylation sites is 1. The summed E-state index contributed by atoms with van der Waals surface area (Å²) in [6.45, 7) is 6.07. The predicted octanol–water partition coefficient (Wildman–Crippen LogP) is 3.18. The number of aliphatic imine (C=N–C) groups is 1. The summed E-state index contributed by atoms with van der Waals surface area (Å²) in [5.41, 5.74) is 2.16. The Labute approximate surface area is 172 Å². The third kappa shape index (κ3) is 5.13. The van der Waals surface area contributed by atoms with Crippen LogP contribution in [0.15, 0.2) is 60.0 Å². The van der Waals surface area contributed by atoms with Crippen LogP contribution in [0.25, 0.3) is 5.82 Å². The zero-order valence-corrected chi connectivity index (χ0v) is 17.5. The Morgan fingerprint density at radius 3 is 2.69 bits per heavy atom. The second-order valence-electron chi connectivity index (χ2n) is 6.71. The fourth-order valence-corrected chi connectivity index (χ4v) is 3.07. The van der Waals surface area contributed by atoms with Crippen molar-refractivity contribution in [2.45, 2.75) is 26.9 Å². The second-order valence-corrected chi connectivity index (χ2v) is 6.71. The highest BCUT2D eigenvalue weighted by atomic mass is 16.5. The van der Waals surface area contributed by atoms with Crippen molar-refractivity contribution < 1.29 is 4.74 Å². The number of rotatable bonds is 7. The van der Waals surface area contributed by atoms with Gasteiger partial charge in [0.1, 0.15) is 17.4 Å². The van der Waals surface area contributed by atoms with E-state index in [2.05, 4.69) is 39.2 Å². The lowest BCUT2D eigenvalue weighted by Gasteiger charge is -2.23. The first kappa shape index (κ1) is 20.4. The van der Waals surface area contributed by atoms with Gasteiger partial charge in [0, 0.05) is 44.3 Å². The normalized spacial score (nSPS) is 11.4. The van der Waals surface area contributed by atoms with Crippen molar-refractivity contribution >= 4 is 5.96 Å². The first-order chi connectivity index (χ1) is 14.1. The molecule has 2 heterocycles. The lowest BCUT2D eigenvalue weighted by molar-refractivity contribution is 0.396. The highest BCUT2D eigenvalue weighted by molar-refractivity contribution is 5.79. The molecule has 29 heavy (non-hydrogen) atoms. The van der Waals surface area contributed by atoms with Gasteiger partial charge in [-0.1, -0.05) is 24.3 Å². The highest BCUT2D eigenvalue weighted by Crippen LogP contribution is 2.18. The second kappa shape index (κ2) is 9.73. The van der Waals surface area contributed by atoms with E-state index in [4.69, 9.17) is 9.73 Å². The molecule has 0 spiro atoms. The zero-order chi connectivity index (χ0) is 20.6. The largest absolute Gasteiger partial charge is 0.496 e. The van der Waals surface area contributed by atoms with E-state index in [1.165, 1.54) is 0 Å². The monoisotopic (exact) mass is 392 g/mol. The summed E-state index contributed by atoms with van der Waals surface area (Å²) in [6.07, 6.45) is 5.54. The Morgan fingerprint density at radius 1 is 1.21 bits per heavy atom. The molecule has 1 aromatic carbocycles. The first-order valence-corrected chi connectivity index (χ1v) is 9.69. The smallest absolute Gasteiger partial charge is 0.194 e. The summed E-state index contributed by atoms with van der Waals surface area (Å²) < 4.78 is 7.42. The van der Waals surface area contributed by atoms with Crippen LogP contribution in [0.1, 0.15) is 23.9 Å². The van der Waals surface area contributed by atoms with Crippen LogP contribution in [0, 0.1) is 6.92 Å². The third-order valence-corrected chi connectivity index (χ3v) is 4.59. The molecule has 1 N–H and O–H groups in total. The highest BCUT2D eigenvalue weighted by Gasteiger charge is 2.10. The number of aromatic nitrogens is 3. The molecule has 0 aliphatic rings. The van der Waals surface area contributed by atoms with E-state index in [1.807, 2.05) is 55.2 Å². The number of hydrogen-bond acceptors (Lipinski definition) is 4. The number of pyridine rings is 1. The van der Waals surface area contributed by atoms with E-state index in [1.54, 1.807) is 13.3 Å². The van der Waals surface area contributed by atoms with Crippen molar-refractivity contribution in [3.05, 3.63) is 71.9 Å². The fraction of sp³-hybridized carbons (Fsp3) is 0.318. The van der Waals surface area contributed by atoms with Crippen molar-refractivity contribution in [1.82, 2.24) is 24.8 Å². The lowest BCUT2D eigenvalue weighted by atomic mass is 10.2. The molecule has 0 unspecified atom stereocenters. The quantitative estimate of drug-likeness (QED) is 0.494. The van der Waals surface area contributed by atoms with Gasteiger partial charge in [0.2, 0.25) is 0 Å². The van der Waals surface area contributed by atoms with Crippen LogP contribution in [-0.4, -0.2) is 46.1 Å². The average Bonchev–Trinajstić information content (AvgIpc) is 3.17. The molecule has 0 aliphatic heterocycles. The van der Waals surface area contributed by atoms with Crippen molar-refractivity contribution in [3.8, 4) is 11.6 Å². The summed E-state index contributed by atoms with van der Waals surface area (Å²) in [7, 11) is 3.72. The van der Waals surface area contributed by atoms with Crippen LogP contribution >= 0.6 is 0 Å². The predicted molar refractivity (Wildman–Crippen MR) is 115 cm³/mol. The topological polar surface area (TPSA) is 67.6 Å². The summed E-state index contributed by atoms with van der Waals surface area (Å²) >= 11 is 0. The molecular weight excluding hydrogens is 364 g/mol. The summed E-state index contributed by atoms with van der Waals surface area (Å²) in [5.74, 6) is 3.49. The first-order valence-electron chi connectivity index (χ1n) is 9.69. The molecule has 3 rings (SSSR count). The molecule has 152 valence electrons. The summed E-state index contributed by atoms with van der Waals surface area (Å²) in [5, 5.41) is 3.35.